The van der Waals surface area contributed by atoms with E-state index in [2.05, 4.69) is 12.1 Å². The van der Waals surface area contributed by atoms with E-state index in [4.69, 9.17) is 4.74 Å². The number of amides is 3. The number of rotatable bonds is 7. The highest BCUT2D eigenvalue weighted by Gasteiger charge is 2.45. The number of methoxy groups -OCH3 is 1. The predicted octanol–water partition coefficient (Wildman–Crippen LogP) is 3.17. The first-order valence-corrected chi connectivity index (χ1v) is 13.5. The van der Waals surface area contributed by atoms with Crippen LogP contribution < -0.4 is 4.74 Å². The smallest absolute Gasteiger partial charge is 0.228 e. The molecule has 7 nitrogen and oxygen atoms in total. The fourth-order valence-corrected chi connectivity index (χ4v) is 6.15. The third kappa shape index (κ3) is 5.81. The van der Waals surface area contributed by atoms with Crippen molar-refractivity contribution < 1.29 is 19.1 Å². The molecule has 3 heterocycles. The second kappa shape index (κ2) is 11.0. The molecule has 196 valence electrons. The Labute approximate surface area is 219 Å². The third-order valence-corrected chi connectivity index (χ3v) is 8.49. The van der Waals surface area contributed by atoms with Gasteiger partial charge in [0.2, 0.25) is 17.7 Å². The van der Waals surface area contributed by atoms with Gasteiger partial charge in [0, 0.05) is 45.7 Å². The summed E-state index contributed by atoms with van der Waals surface area (Å²) in [6.07, 6.45) is 4.35. The van der Waals surface area contributed by atoms with Crippen LogP contribution in [0.1, 0.15) is 36.8 Å². The number of benzene rings is 2. The van der Waals surface area contributed by atoms with Crippen LogP contribution in [0.3, 0.4) is 0 Å². The number of likely N-dealkylation sites (tertiary alicyclic amines) is 3. The average Bonchev–Trinajstić information content (AvgIpc) is 3.51. The quantitative estimate of drug-likeness (QED) is 0.582. The lowest BCUT2D eigenvalue weighted by Gasteiger charge is -2.39. The topological polar surface area (TPSA) is 70.2 Å². The van der Waals surface area contributed by atoms with Gasteiger partial charge >= 0.3 is 0 Å². The van der Waals surface area contributed by atoms with Gasteiger partial charge in [-0.05, 0) is 54.4 Å². The van der Waals surface area contributed by atoms with Gasteiger partial charge < -0.3 is 19.4 Å². The van der Waals surface area contributed by atoms with Gasteiger partial charge in [0.05, 0.1) is 19.4 Å². The van der Waals surface area contributed by atoms with E-state index in [0.29, 0.717) is 25.9 Å². The molecule has 37 heavy (non-hydrogen) atoms. The van der Waals surface area contributed by atoms with E-state index < -0.39 is 0 Å². The molecule has 2 aromatic carbocycles. The first kappa shape index (κ1) is 25.3. The van der Waals surface area contributed by atoms with E-state index in [0.717, 1.165) is 63.2 Å². The summed E-state index contributed by atoms with van der Waals surface area (Å²) >= 11 is 0. The van der Waals surface area contributed by atoms with E-state index in [1.165, 1.54) is 5.56 Å². The predicted molar refractivity (Wildman–Crippen MR) is 141 cm³/mol. The molecule has 1 atom stereocenters. The van der Waals surface area contributed by atoms with Crippen LogP contribution in [0.2, 0.25) is 0 Å². The number of nitrogens with zero attached hydrogens (tertiary/aromatic N) is 3. The molecule has 0 bridgehead atoms. The van der Waals surface area contributed by atoms with Gasteiger partial charge in [-0.3, -0.25) is 14.4 Å². The van der Waals surface area contributed by atoms with Gasteiger partial charge in [0.1, 0.15) is 5.75 Å². The fraction of sp³-hybridized carbons (Fsp3) is 0.500. The number of piperidine rings is 1. The third-order valence-electron chi connectivity index (χ3n) is 8.49. The molecule has 7 heteroatoms. The monoisotopic (exact) mass is 503 g/mol. The highest BCUT2D eigenvalue weighted by atomic mass is 16.5. The Kier molecular flexibility index (Phi) is 7.49. The van der Waals surface area contributed by atoms with Crippen LogP contribution in [-0.4, -0.2) is 78.8 Å². The summed E-state index contributed by atoms with van der Waals surface area (Å²) in [5.41, 5.74) is 2.27. The number of carbonyl (C=O) groups is 3. The molecule has 0 saturated carbocycles. The average molecular weight is 504 g/mol. The van der Waals surface area contributed by atoms with Gasteiger partial charge in [-0.25, -0.2) is 0 Å². The van der Waals surface area contributed by atoms with E-state index in [9.17, 15) is 14.4 Å². The minimum atomic E-state index is -0.233. The number of ether oxygens (including phenoxy) is 1. The van der Waals surface area contributed by atoms with Crippen LogP contribution in [-0.2, 0) is 27.2 Å². The molecule has 3 amide bonds. The molecule has 5 rings (SSSR count). The second-order valence-electron chi connectivity index (χ2n) is 10.9. The van der Waals surface area contributed by atoms with Gasteiger partial charge in [-0.1, -0.05) is 42.5 Å². The Hall–Kier alpha value is -3.35. The van der Waals surface area contributed by atoms with Gasteiger partial charge in [0.25, 0.3) is 0 Å². The maximum atomic E-state index is 13.3. The maximum absolute atomic E-state index is 13.3. The second-order valence-corrected chi connectivity index (χ2v) is 10.9. The lowest BCUT2D eigenvalue weighted by Crippen LogP contribution is -2.45. The molecule has 3 aliphatic rings. The van der Waals surface area contributed by atoms with Gasteiger partial charge in [-0.2, -0.15) is 0 Å². The highest BCUT2D eigenvalue weighted by Crippen LogP contribution is 2.41. The molecular weight excluding hydrogens is 466 g/mol. The largest absolute Gasteiger partial charge is 0.497 e. The summed E-state index contributed by atoms with van der Waals surface area (Å²) in [6, 6.07) is 17.8. The van der Waals surface area contributed by atoms with E-state index in [1.54, 1.807) is 7.11 Å². The molecule has 0 radical (unpaired) electrons. The normalized spacial score (nSPS) is 21.1. The Morgan fingerprint density at radius 3 is 2.38 bits per heavy atom. The minimum absolute atomic E-state index is 0.0889. The van der Waals surface area contributed by atoms with Gasteiger partial charge in [-0.15, -0.1) is 0 Å². The first-order valence-electron chi connectivity index (χ1n) is 13.5. The molecule has 0 aromatic heterocycles. The van der Waals surface area contributed by atoms with Crippen molar-refractivity contribution in [2.45, 2.75) is 38.5 Å². The van der Waals surface area contributed by atoms with Crippen molar-refractivity contribution in [3.8, 4) is 5.75 Å². The first-order chi connectivity index (χ1) is 17.9. The number of hydrogen-bond acceptors (Lipinski definition) is 4. The SMILES string of the molecule is COc1cccc(CC(=O)N2CCC3(CC2)CCN(C(=O)C2CC(=O)N(CCc4ccccc4)C2)C3)c1. The molecule has 2 aromatic rings. The lowest BCUT2D eigenvalue weighted by molar-refractivity contribution is -0.136. The minimum Gasteiger partial charge on any atom is -0.497 e. The zero-order valence-electron chi connectivity index (χ0n) is 21.7. The van der Waals surface area contributed by atoms with Crippen molar-refractivity contribution in [3.05, 3.63) is 65.7 Å². The summed E-state index contributed by atoms with van der Waals surface area (Å²) in [7, 11) is 1.63. The summed E-state index contributed by atoms with van der Waals surface area (Å²) in [5.74, 6) is 0.897. The molecule has 3 fully saturated rings. The fourth-order valence-electron chi connectivity index (χ4n) is 6.15. The van der Waals surface area contributed by atoms with Crippen LogP contribution >= 0.6 is 0 Å². The van der Waals surface area contributed by atoms with Crippen LogP contribution in [0, 0.1) is 11.3 Å². The molecule has 3 saturated heterocycles. The Morgan fingerprint density at radius 2 is 1.65 bits per heavy atom. The van der Waals surface area contributed by atoms with Crippen molar-refractivity contribution in [2.24, 2.45) is 11.3 Å². The molecule has 3 aliphatic heterocycles. The van der Waals surface area contributed by atoms with E-state index in [1.807, 2.05) is 57.2 Å². The summed E-state index contributed by atoms with van der Waals surface area (Å²) in [6.45, 7) is 4.17. The van der Waals surface area contributed by atoms with Crippen LogP contribution in [0.15, 0.2) is 54.6 Å². The zero-order chi connectivity index (χ0) is 25.8. The van der Waals surface area contributed by atoms with Crippen molar-refractivity contribution in [3.63, 3.8) is 0 Å². The van der Waals surface area contributed by atoms with Crippen LogP contribution in [0.25, 0.3) is 0 Å². The summed E-state index contributed by atoms with van der Waals surface area (Å²) < 4.78 is 5.28. The lowest BCUT2D eigenvalue weighted by atomic mass is 9.77. The molecule has 1 spiro atoms. The summed E-state index contributed by atoms with van der Waals surface area (Å²) in [5, 5.41) is 0. The van der Waals surface area contributed by atoms with Crippen molar-refractivity contribution in [2.75, 3.05) is 46.4 Å². The van der Waals surface area contributed by atoms with Crippen molar-refractivity contribution >= 4 is 17.7 Å². The highest BCUT2D eigenvalue weighted by molar-refractivity contribution is 5.89. The number of carbonyl (C=O) groups excluding carboxylic acids is 3. The Balaban J connectivity index is 1.09. The Bertz CT molecular complexity index is 1130. The summed E-state index contributed by atoms with van der Waals surface area (Å²) in [4.78, 5) is 44.7. The molecule has 0 N–H and O–H groups in total. The maximum Gasteiger partial charge on any atom is 0.228 e. The molecular formula is C30H37N3O4. The van der Waals surface area contributed by atoms with E-state index >= 15 is 0 Å². The van der Waals surface area contributed by atoms with Crippen LogP contribution in [0.4, 0.5) is 0 Å². The molecule has 1 unspecified atom stereocenters. The van der Waals surface area contributed by atoms with Crippen LogP contribution in [0.5, 0.6) is 5.75 Å². The van der Waals surface area contributed by atoms with Gasteiger partial charge in [0.15, 0.2) is 0 Å². The number of hydrogen-bond donors (Lipinski definition) is 0. The zero-order valence-corrected chi connectivity index (χ0v) is 21.7. The van der Waals surface area contributed by atoms with Crippen molar-refractivity contribution in [1.29, 1.82) is 0 Å². The Morgan fingerprint density at radius 1 is 0.946 bits per heavy atom. The van der Waals surface area contributed by atoms with E-state index in [-0.39, 0.29) is 29.1 Å². The molecule has 0 aliphatic carbocycles. The van der Waals surface area contributed by atoms with Crippen molar-refractivity contribution in [1.82, 2.24) is 14.7 Å². The standard InChI is InChI=1S/C30H37N3O4/c1-37-26-9-5-8-24(18-26)19-27(34)31-15-11-30(12-16-31)13-17-33(22-30)29(36)25-20-28(35)32(21-25)14-10-23-6-3-2-4-7-23/h2-9,18,25H,10-17,19-22H2,1H3.